The molecule has 0 radical (unpaired) electrons. The van der Waals surface area contributed by atoms with E-state index < -0.39 is 36.2 Å². The van der Waals surface area contributed by atoms with Gasteiger partial charge in [-0.15, -0.1) is 0 Å². The first kappa shape index (κ1) is 25.3. The lowest BCUT2D eigenvalue weighted by molar-refractivity contribution is -0.157. The zero-order valence-electron chi connectivity index (χ0n) is 16.9. The number of aliphatic carboxylic acids is 1. The summed E-state index contributed by atoms with van der Waals surface area (Å²) in [7, 11) is 0. The van der Waals surface area contributed by atoms with Gasteiger partial charge in [-0.3, -0.25) is 19.3 Å². The Labute approximate surface area is 166 Å². The molecular formula is C21H31NO6. The molecule has 1 atom stereocenters. The van der Waals surface area contributed by atoms with E-state index >= 15 is 0 Å². The van der Waals surface area contributed by atoms with Crippen molar-refractivity contribution in [2.45, 2.75) is 71.8 Å². The largest absolute Gasteiger partial charge is 0.481 e. The Bertz CT molecular complexity index is 576. The van der Waals surface area contributed by atoms with E-state index in [2.05, 4.69) is 0 Å². The molecule has 28 heavy (non-hydrogen) atoms. The molecule has 0 aromatic carbocycles. The minimum atomic E-state index is -1.56. The summed E-state index contributed by atoms with van der Waals surface area (Å²) < 4.78 is 4.84. The minimum absolute atomic E-state index is 0.642. The lowest BCUT2D eigenvalue weighted by Gasteiger charge is -2.25. The number of imide groups is 1. The van der Waals surface area contributed by atoms with Crippen molar-refractivity contribution < 1.29 is 29.0 Å². The van der Waals surface area contributed by atoms with Gasteiger partial charge in [-0.2, -0.15) is 0 Å². The summed E-state index contributed by atoms with van der Waals surface area (Å²) >= 11 is 0. The Balaban J connectivity index is 5.69. The van der Waals surface area contributed by atoms with Gasteiger partial charge in [-0.05, 0) is 31.9 Å². The molecule has 7 nitrogen and oxygen atoms in total. The molecule has 0 saturated heterocycles. The topological polar surface area (TPSA) is 101 Å². The van der Waals surface area contributed by atoms with Crippen LogP contribution in [0, 0.1) is 0 Å². The number of rotatable bonds is 13. The molecule has 0 aliphatic carbocycles. The summed E-state index contributed by atoms with van der Waals surface area (Å²) in [6.07, 6.45) is 12.3. The van der Waals surface area contributed by atoms with Gasteiger partial charge in [-0.1, -0.05) is 57.8 Å². The standard InChI is InChI=1S/C21H31NO6/c1-4-7-9-11-13-18(23)22(19(24)14-12-10-8-5-2)17(16-20(25)26)21(27)28-15-6-3/h6,11-15,17H,4-5,7-10,16H2,1-3H3,(H,25,26)/b13-11+,14-12+,15-6+. The van der Waals surface area contributed by atoms with Gasteiger partial charge in [0, 0.05) is 0 Å². The van der Waals surface area contributed by atoms with Crippen LogP contribution in [0.5, 0.6) is 0 Å². The number of carbonyl (C=O) groups is 4. The fraction of sp³-hybridized carbons (Fsp3) is 0.524. The molecule has 0 spiro atoms. The number of allylic oxidation sites excluding steroid dienone is 3. The van der Waals surface area contributed by atoms with E-state index in [1.165, 1.54) is 18.2 Å². The third-order valence-corrected chi connectivity index (χ3v) is 3.72. The van der Waals surface area contributed by atoms with E-state index in [0.717, 1.165) is 31.9 Å². The SMILES string of the molecule is C/C=C/OC(=O)C(CC(=O)O)N(C(=O)/C=C/CCCC)C(=O)/C=C/CCCC. The van der Waals surface area contributed by atoms with Crippen LogP contribution < -0.4 is 0 Å². The number of carboxylic acid groups (broad SMARTS) is 1. The van der Waals surface area contributed by atoms with Gasteiger partial charge in [0.15, 0.2) is 0 Å². The van der Waals surface area contributed by atoms with Crippen LogP contribution in [0.3, 0.4) is 0 Å². The predicted molar refractivity (Wildman–Crippen MR) is 106 cm³/mol. The molecule has 1 N–H and O–H groups in total. The summed E-state index contributed by atoms with van der Waals surface area (Å²) in [5.74, 6) is -3.79. The van der Waals surface area contributed by atoms with Crippen molar-refractivity contribution in [1.29, 1.82) is 0 Å². The molecule has 1 unspecified atom stereocenters. The van der Waals surface area contributed by atoms with Crippen LogP contribution in [0.15, 0.2) is 36.6 Å². The quantitative estimate of drug-likeness (QED) is 0.221. The van der Waals surface area contributed by atoms with Crippen molar-refractivity contribution in [2.75, 3.05) is 0 Å². The molecule has 0 bridgehead atoms. The number of hydrogen-bond donors (Lipinski definition) is 1. The van der Waals surface area contributed by atoms with E-state index in [1.54, 1.807) is 19.1 Å². The van der Waals surface area contributed by atoms with Gasteiger partial charge in [0.25, 0.3) is 11.8 Å². The number of amides is 2. The zero-order valence-corrected chi connectivity index (χ0v) is 16.9. The molecule has 0 saturated carbocycles. The lowest BCUT2D eigenvalue weighted by atomic mass is 10.1. The Morgan fingerprint density at radius 2 is 1.46 bits per heavy atom. The first-order chi connectivity index (χ1) is 13.4. The molecule has 0 aliphatic heterocycles. The van der Waals surface area contributed by atoms with E-state index in [9.17, 15) is 19.2 Å². The van der Waals surface area contributed by atoms with Crippen molar-refractivity contribution in [3.05, 3.63) is 36.6 Å². The second-order valence-corrected chi connectivity index (χ2v) is 6.16. The van der Waals surface area contributed by atoms with Crippen LogP contribution in [-0.4, -0.2) is 39.8 Å². The van der Waals surface area contributed by atoms with E-state index in [4.69, 9.17) is 9.84 Å². The molecule has 0 aromatic heterocycles. The third kappa shape index (κ3) is 10.4. The molecule has 156 valence electrons. The second-order valence-electron chi connectivity index (χ2n) is 6.16. The van der Waals surface area contributed by atoms with Gasteiger partial charge in [0.05, 0.1) is 12.7 Å². The minimum Gasteiger partial charge on any atom is -0.481 e. The van der Waals surface area contributed by atoms with Gasteiger partial charge in [0.2, 0.25) is 0 Å². The van der Waals surface area contributed by atoms with Crippen molar-refractivity contribution >= 4 is 23.8 Å². The zero-order chi connectivity index (χ0) is 21.4. The number of ether oxygens (including phenoxy) is 1. The number of carboxylic acids is 1. The molecule has 0 fully saturated rings. The average Bonchev–Trinajstić information content (AvgIpc) is 2.65. The number of unbranched alkanes of at least 4 members (excludes halogenated alkanes) is 4. The van der Waals surface area contributed by atoms with Crippen molar-refractivity contribution in [2.24, 2.45) is 0 Å². The molecule has 0 aliphatic rings. The normalized spacial score (nSPS) is 12.5. The maximum atomic E-state index is 12.6. The fourth-order valence-electron chi connectivity index (χ4n) is 2.25. The maximum absolute atomic E-state index is 12.6. The van der Waals surface area contributed by atoms with Gasteiger partial charge in [0.1, 0.15) is 6.04 Å². The van der Waals surface area contributed by atoms with Crippen molar-refractivity contribution in [3.8, 4) is 0 Å². The van der Waals surface area contributed by atoms with E-state index in [0.29, 0.717) is 17.7 Å². The van der Waals surface area contributed by atoms with E-state index in [1.807, 2.05) is 13.8 Å². The van der Waals surface area contributed by atoms with Crippen LogP contribution in [0.25, 0.3) is 0 Å². The van der Waals surface area contributed by atoms with Gasteiger partial charge < -0.3 is 9.84 Å². The summed E-state index contributed by atoms with van der Waals surface area (Å²) in [6, 6.07) is -1.56. The van der Waals surface area contributed by atoms with Crippen LogP contribution in [0.4, 0.5) is 0 Å². The third-order valence-electron chi connectivity index (χ3n) is 3.72. The smallest absolute Gasteiger partial charge is 0.334 e. The predicted octanol–water partition coefficient (Wildman–Crippen LogP) is 3.75. The first-order valence-electron chi connectivity index (χ1n) is 9.62. The van der Waals surface area contributed by atoms with Crippen LogP contribution >= 0.6 is 0 Å². The maximum Gasteiger partial charge on any atom is 0.334 e. The highest BCUT2D eigenvalue weighted by molar-refractivity contribution is 6.08. The van der Waals surface area contributed by atoms with Gasteiger partial charge in [-0.25, -0.2) is 4.79 Å². The lowest BCUT2D eigenvalue weighted by Crippen LogP contribution is -2.49. The highest BCUT2D eigenvalue weighted by atomic mass is 16.5. The molecular weight excluding hydrogens is 362 g/mol. The highest BCUT2D eigenvalue weighted by Crippen LogP contribution is 2.12. The van der Waals surface area contributed by atoms with Crippen LogP contribution in [-0.2, 0) is 23.9 Å². The number of nitrogens with zero attached hydrogens (tertiary/aromatic N) is 1. The average molecular weight is 393 g/mol. The molecule has 0 rings (SSSR count). The van der Waals surface area contributed by atoms with Crippen molar-refractivity contribution in [1.82, 2.24) is 4.90 Å². The number of carbonyl (C=O) groups excluding carboxylic acids is 3. The molecule has 0 heterocycles. The fourth-order valence-corrected chi connectivity index (χ4v) is 2.25. The summed E-state index contributed by atoms with van der Waals surface area (Å²) in [4.78, 5) is 49.4. The van der Waals surface area contributed by atoms with E-state index in [-0.39, 0.29) is 0 Å². The van der Waals surface area contributed by atoms with Crippen LogP contribution in [0.2, 0.25) is 0 Å². The number of hydrogen-bond acceptors (Lipinski definition) is 5. The summed E-state index contributed by atoms with van der Waals surface area (Å²) in [5, 5.41) is 9.15. The Kier molecular flexibility index (Phi) is 13.9. The number of esters is 1. The Hall–Kier alpha value is -2.70. The summed E-state index contributed by atoms with van der Waals surface area (Å²) in [6.45, 7) is 5.62. The van der Waals surface area contributed by atoms with Crippen molar-refractivity contribution in [3.63, 3.8) is 0 Å². The summed E-state index contributed by atoms with van der Waals surface area (Å²) in [5.41, 5.74) is 0. The highest BCUT2D eigenvalue weighted by Gasteiger charge is 2.35. The Morgan fingerprint density at radius 3 is 1.86 bits per heavy atom. The monoisotopic (exact) mass is 393 g/mol. The molecule has 2 amide bonds. The second kappa shape index (κ2) is 15.4. The van der Waals surface area contributed by atoms with Gasteiger partial charge >= 0.3 is 11.9 Å². The molecule has 7 heteroatoms. The Morgan fingerprint density at radius 1 is 0.964 bits per heavy atom. The first-order valence-corrected chi connectivity index (χ1v) is 9.62. The molecule has 0 aromatic rings. The van der Waals surface area contributed by atoms with Crippen LogP contribution in [0.1, 0.15) is 65.7 Å².